The Balaban J connectivity index is 2.38. The molecule has 94 valence electrons. The Morgan fingerprint density at radius 1 is 0.895 bits per heavy atom. The van der Waals surface area contributed by atoms with Crippen molar-refractivity contribution in [3.05, 3.63) is 60.3 Å². The van der Waals surface area contributed by atoms with E-state index in [1.165, 1.54) is 22.1 Å². The van der Waals surface area contributed by atoms with E-state index < -0.39 is 0 Å². The van der Waals surface area contributed by atoms with Gasteiger partial charge in [0.25, 0.3) is 0 Å². The molecule has 1 heterocycles. The van der Waals surface area contributed by atoms with Crippen LogP contribution >= 0.6 is 0 Å². The predicted molar refractivity (Wildman–Crippen MR) is 78.5 cm³/mol. The fraction of sp³-hybridized carbons (Fsp3) is 0.118. The summed E-state index contributed by atoms with van der Waals surface area (Å²) in [6, 6.07) is 16.7. The Kier molecular flexibility index (Phi) is 2.92. The molecule has 0 amide bonds. The first-order valence-electron chi connectivity index (χ1n) is 6.29. The maximum absolute atomic E-state index is 5.35. The SMILES string of the molecule is COc1nccc2c(-c3ccccc3)c(C)ccc12. The van der Waals surface area contributed by atoms with Crippen LogP contribution in [0.15, 0.2) is 54.7 Å². The summed E-state index contributed by atoms with van der Waals surface area (Å²) in [5.41, 5.74) is 3.73. The summed E-state index contributed by atoms with van der Waals surface area (Å²) < 4.78 is 5.35. The van der Waals surface area contributed by atoms with Crippen molar-refractivity contribution in [1.29, 1.82) is 0 Å². The highest BCUT2D eigenvalue weighted by molar-refractivity contribution is 6.00. The standard InChI is InChI=1S/C17H15NO/c1-12-8-9-15-14(10-11-18-17(15)19-2)16(12)13-6-4-3-5-7-13/h3-11H,1-2H3. The maximum atomic E-state index is 5.35. The van der Waals surface area contributed by atoms with E-state index >= 15 is 0 Å². The highest BCUT2D eigenvalue weighted by Crippen LogP contribution is 2.34. The third-order valence-corrected chi connectivity index (χ3v) is 3.37. The van der Waals surface area contributed by atoms with E-state index in [1.807, 2.05) is 12.1 Å². The Hall–Kier alpha value is -2.35. The van der Waals surface area contributed by atoms with Crippen LogP contribution in [0.25, 0.3) is 21.9 Å². The van der Waals surface area contributed by atoms with Crippen molar-refractivity contribution in [3.8, 4) is 17.0 Å². The Bertz CT molecular complexity index is 720. The summed E-state index contributed by atoms with van der Waals surface area (Å²) in [6.07, 6.45) is 1.80. The molecule has 0 spiro atoms. The number of nitrogens with zero attached hydrogens (tertiary/aromatic N) is 1. The minimum absolute atomic E-state index is 0.676. The fourth-order valence-corrected chi connectivity index (χ4v) is 2.49. The van der Waals surface area contributed by atoms with E-state index in [9.17, 15) is 0 Å². The van der Waals surface area contributed by atoms with Crippen molar-refractivity contribution in [1.82, 2.24) is 4.98 Å². The molecule has 0 unspecified atom stereocenters. The zero-order chi connectivity index (χ0) is 13.2. The van der Waals surface area contributed by atoms with Gasteiger partial charge in [-0.2, -0.15) is 0 Å². The van der Waals surface area contributed by atoms with Crippen molar-refractivity contribution < 1.29 is 4.74 Å². The molecule has 0 bridgehead atoms. The fourth-order valence-electron chi connectivity index (χ4n) is 2.49. The molecule has 0 fully saturated rings. The van der Waals surface area contributed by atoms with Crippen LogP contribution in [0.2, 0.25) is 0 Å². The van der Waals surface area contributed by atoms with E-state index in [4.69, 9.17) is 4.74 Å². The molecule has 0 saturated heterocycles. The number of methoxy groups -OCH3 is 1. The molecule has 0 atom stereocenters. The van der Waals surface area contributed by atoms with Gasteiger partial charge in [-0.05, 0) is 41.1 Å². The predicted octanol–water partition coefficient (Wildman–Crippen LogP) is 4.22. The lowest BCUT2D eigenvalue weighted by atomic mass is 9.95. The summed E-state index contributed by atoms with van der Waals surface area (Å²) in [5.74, 6) is 0.676. The van der Waals surface area contributed by atoms with Gasteiger partial charge in [0, 0.05) is 11.6 Å². The smallest absolute Gasteiger partial charge is 0.221 e. The number of pyridine rings is 1. The lowest BCUT2D eigenvalue weighted by Crippen LogP contribution is -1.92. The molecule has 3 rings (SSSR count). The molecule has 2 aromatic carbocycles. The van der Waals surface area contributed by atoms with Gasteiger partial charge >= 0.3 is 0 Å². The van der Waals surface area contributed by atoms with Gasteiger partial charge < -0.3 is 4.74 Å². The largest absolute Gasteiger partial charge is 0.481 e. The third kappa shape index (κ3) is 1.95. The van der Waals surface area contributed by atoms with Crippen LogP contribution in [-0.4, -0.2) is 12.1 Å². The molecule has 2 heteroatoms. The molecule has 0 saturated carbocycles. The molecular weight excluding hydrogens is 234 g/mol. The number of hydrogen-bond donors (Lipinski definition) is 0. The second kappa shape index (κ2) is 4.73. The lowest BCUT2D eigenvalue weighted by Gasteiger charge is -2.12. The second-order valence-corrected chi connectivity index (χ2v) is 4.54. The van der Waals surface area contributed by atoms with E-state index in [2.05, 4.69) is 48.3 Å². The summed E-state index contributed by atoms with van der Waals surface area (Å²) in [6.45, 7) is 2.13. The molecule has 19 heavy (non-hydrogen) atoms. The van der Waals surface area contributed by atoms with E-state index in [0.29, 0.717) is 5.88 Å². The molecule has 1 aromatic heterocycles. The molecule has 3 aromatic rings. The number of benzene rings is 2. The highest BCUT2D eigenvalue weighted by Gasteiger charge is 2.10. The van der Waals surface area contributed by atoms with Crippen LogP contribution in [0.1, 0.15) is 5.56 Å². The van der Waals surface area contributed by atoms with Crippen LogP contribution in [0.3, 0.4) is 0 Å². The average Bonchev–Trinajstić information content (AvgIpc) is 2.47. The zero-order valence-corrected chi connectivity index (χ0v) is 11.1. The first-order valence-corrected chi connectivity index (χ1v) is 6.29. The Morgan fingerprint density at radius 2 is 1.68 bits per heavy atom. The third-order valence-electron chi connectivity index (χ3n) is 3.37. The van der Waals surface area contributed by atoms with Crippen molar-refractivity contribution >= 4 is 10.8 Å². The van der Waals surface area contributed by atoms with Crippen LogP contribution in [-0.2, 0) is 0 Å². The summed E-state index contributed by atoms with van der Waals surface area (Å²) in [7, 11) is 1.66. The average molecular weight is 249 g/mol. The summed E-state index contributed by atoms with van der Waals surface area (Å²) in [4.78, 5) is 4.27. The first-order chi connectivity index (χ1) is 9.31. The summed E-state index contributed by atoms with van der Waals surface area (Å²) in [5, 5.41) is 2.23. The number of aromatic nitrogens is 1. The van der Waals surface area contributed by atoms with Crippen LogP contribution in [0, 0.1) is 6.92 Å². The van der Waals surface area contributed by atoms with Crippen LogP contribution in [0.4, 0.5) is 0 Å². The topological polar surface area (TPSA) is 22.1 Å². The van der Waals surface area contributed by atoms with Gasteiger partial charge in [0.2, 0.25) is 5.88 Å². The van der Waals surface area contributed by atoms with Gasteiger partial charge in [-0.1, -0.05) is 36.4 Å². The number of rotatable bonds is 2. The molecule has 2 nitrogen and oxygen atoms in total. The van der Waals surface area contributed by atoms with Crippen molar-refractivity contribution in [2.75, 3.05) is 7.11 Å². The molecule has 0 aliphatic rings. The molecular formula is C17H15NO. The molecule has 0 aliphatic carbocycles. The Labute approximate surface area is 112 Å². The molecule has 0 N–H and O–H groups in total. The van der Waals surface area contributed by atoms with Gasteiger partial charge in [0.1, 0.15) is 0 Å². The van der Waals surface area contributed by atoms with Crippen molar-refractivity contribution in [2.24, 2.45) is 0 Å². The van der Waals surface area contributed by atoms with Gasteiger partial charge in [-0.3, -0.25) is 0 Å². The quantitative estimate of drug-likeness (QED) is 0.678. The Morgan fingerprint density at radius 3 is 2.42 bits per heavy atom. The normalized spacial score (nSPS) is 10.6. The molecule has 0 aliphatic heterocycles. The van der Waals surface area contributed by atoms with E-state index in [1.54, 1.807) is 13.3 Å². The monoisotopic (exact) mass is 249 g/mol. The van der Waals surface area contributed by atoms with Gasteiger partial charge in [-0.25, -0.2) is 4.98 Å². The second-order valence-electron chi connectivity index (χ2n) is 4.54. The van der Waals surface area contributed by atoms with Gasteiger partial charge in [0.15, 0.2) is 0 Å². The lowest BCUT2D eigenvalue weighted by molar-refractivity contribution is 0.403. The highest BCUT2D eigenvalue weighted by atomic mass is 16.5. The van der Waals surface area contributed by atoms with Crippen LogP contribution < -0.4 is 4.74 Å². The van der Waals surface area contributed by atoms with Crippen molar-refractivity contribution in [2.45, 2.75) is 6.92 Å². The van der Waals surface area contributed by atoms with Crippen molar-refractivity contribution in [3.63, 3.8) is 0 Å². The maximum Gasteiger partial charge on any atom is 0.221 e. The first kappa shape index (κ1) is 11.7. The van der Waals surface area contributed by atoms with Crippen LogP contribution in [0.5, 0.6) is 5.88 Å². The minimum Gasteiger partial charge on any atom is -0.481 e. The summed E-state index contributed by atoms with van der Waals surface area (Å²) >= 11 is 0. The molecule has 0 radical (unpaired) electrons. The van der Waals surface area contributed by atoms with Gasteiger partial charge in [0.05, 0.1) is 7.11 Å². The van der Waals surface area contributed by atoms with E-state index in [0.717, 1.165) is 5.39 Å². The number of fused-ring (bicyclic) bond motifs is 1. The number of hydrogen-bond acceptors (Lipinski definition) is 2. The van der Waals surface area contributed by atoms with E-state index in [-0.39, 0.29) is 0 Å². The number of aryl methyl sites for hydroxylation is 1. The zero-order valence-electron chi connectivity index (χ0n) is 11.1. The minimum atomic E-state index is 0.676. The van der Waals surface area contributed by atoms with Gasteiger partial charge in [-0.15, -0.1) is 0 Å². The number of ether oxygens (including phenoxy) is 1.